The Bertz CT molecular complexity index is 944. The van der Waals surface area contributed by atoms with Crippen molar-refractivity contribution in [3.63, 3.8) is 0 Å². The van der Waals surface area contributed by atoms with Crippen molar-refractivity contribution < 1.29 is 0 Å². The van der Waals surface area contributed by atoms with Crippen LogP contribution in [0.2, 0.25) is 0 Å². The van der Waals surface area contributed by atoms with Gasteiger partial charge in [-0.05, 0) is 0 Å². The molecule has 0 fully saturated rings. The molecular weight excluding hydrogens is 305 g/mol. The quantitative estimate of drug-likeness (QED) is 0.544. The first-order valence-electron chi connectivity index (χ1n) is 8.24. The molecule has 0 atom stereocenters. The van der Waals surface area contributed by atoms with Gasteiger partial charge in [0.05, 0.1) is 0 Å². The van der Waals surface area contributed by atoms with Crippen LogP contribution in [-0.4, -0.2) is 22.8 Å². The Morgan fingerprint density at radius 1 is 0.480 bits per heavy atom. The van der Waals surface area contributed by atoms with E-state index in [-0.39, 0.29) is 0 Å². The SMILES string of the molecule is Bc1ccccc1-c1nc(-c2ccccc2)nc(-c2ccccc2)n1. The molecule has 0 saturated heterocycles. The number of aromatic nitrogens is 3. The van der Waals surface area contributed by atoms with E-state index in [1.807, 2.05) is 78.9 Å². The molecule has 0 N–H and O–H groups in total. The van der Waals surface area contributed by atoms with Gasteiger partial charge in [0, 0.05) is 16.7 Å². The van der Waals surface area contributed by atoms with Gasteiger partial charge in [-0.15, -0.1) is 0 Å². The number of benzene rings is 3. The normalized spacial score (nSPS) is 10.6. The lowest BCUT2D eigenvalue weighted by atomic mass is 9.90. The molecule has 4 rings (SSSR count). The monoisotopic (exact) mass is 321 g/mol. The van der Waals surface area contributed by atoms with Gasteiger partial charge in [-0.2, -0.15) is 0 Å². The standard InChI is InChI=1S/C21H16BN3/c22-18-14-8-7-13-17(18)21-24-19(15-9-3-1-4-10-15)23-20(25-21)16-11-5-2-6-12-16/h1-14H,22H2. The van der Waals surface area contributed by atoms with Crippen LogP contribution in [0.1, 0.15) is 0 Å². The number of nitrogens with zero attached hydrogens (tertiary/aromatic N) is 3. The van der Waals surface area contributed by atoms with Gasteiger partial charge in [-0.3, -0.25) is 0 Å². The second kappa shape index (κ2) is 6.69. The summed E-state index contributed by atoms with van der Waals surface area (Å²) in [5, 5.41) is 0. The van der Waals surface area contributed by atoms with Crippen molar-refractivity contribution in [2.75, 3.05) is 0 Å². The van der Waals surface area contributed by atoms with Crippen LogP contribution in [0.3, 0.4) is 0 Å². The minimum absolute atomic E-state index is 0.688. The Balaban J connectivity index is 1.94. The summed E-state index contributed by atoms with van der Waals surface area (Å²) in [5.74, 6) is 2.08. The zero-order chi connectivity index (χ0) is 17.1. The number of hydrogen-bond acceptors (Lipinski definition) is 3. The van der Waals surface area contributed by atoms with Crippen LogP contribution in [0.5, 0.6) is 0 Å². The summed E-state index contributed by atoms with van der Waals surface area (Å²) in [7, 11) is 2.07. The van der Waals surface area contributed by atoms with Crippen molar-refractivity contribution in [2.24, 2.45) is 0 Å². The molecule has 0 bridgehead atoms. The third-order valence-corrected chi connectivity index (χ3v) is 4.09. The van der Waals surface area contributed by atoms with Crippen molar-refractivity contribution >= 4 is 13.3 Å². The molecule has 4 heteroatoms. The highest BCUT2D eigenvalue weighted by Crippen LogP contribution is 2.23. The summed E-state index contributed by atoms with van der Waals surface area (Å²) < 4.78 is 0. The van der Waals surface area contributed by atoms with E-state index >= 15 is 0 Å². The van der Waals surface area contributed by atoms with E-state index in [0.29, 0.717) is 17.5 Å². The van der Waals surface area contributed by atoms with Gasteiger partial charge in [0.25, 0.3) is 0 Å². The Kier molecular flexibility index (Phi) is 4.09. The van der Waals surface area contributed by atoms with Gasteiger partial charge < -0.3 is 0 Å². The molecule has 4 aromatic rings. The highest BCUT2D eigenvalue weighted by atomic mass is 15.0. The first-order chi connectivity index (χ1) is 12.3. The Morgan fingerprint density at radius 3 is 1.44 bits per heavy atom. The van der Waals surface area contributed by atoms with E-state index < -0.39 is 0 Å². The van der Waals surface area contributed by atoms with E-state index in [4.69, 9.17) is 15.0 Å². The van der Waals surface area contributed by atoms with Gasteiger partial charge in [0.2, 0.25) is 0 Å². The molecular formula is C21H16BN3. The zero-order valence-corrected chi connectivity index (χ0v) is 13.9. The van der Waals surface area contributed by atoms with E-state index in [1.165, 1.54) is 0 Å². The second-order valence-corrected chi connectivity index (χ2v) is 5.85. The van der Waals surface area contributed by atoms with Crippen molar-refractivity contribution in [3.8, 4) is 34.2 Å². The molecule has 3 nitrogen and oxygen atoms in total. The molecule has 0 amide bonds. The first-order valence-corrected chi connectivity index (χ1v) is 8.24. The third kappa shape index (κ3) is 3.19. The van der Waals surface area contributed by atoms with Crippen molar-refractivity contribution in [3.05, 3.63) is 84.9 Å². The summed E-state index contributed by atoms with van der Waals surface area (Å²) in [6.45, 7) is 0. The largest absolute Gasteiger partial charge is 0.208 e. The fraction of sp³-hybridized carbons (Fsp3) is 0. The lowest BCUT2D eigenvalue weighted by molar-refractivity contribution is 1.08. The third-order valence-electron chi connectivity index (χ3n) is 4.09. The molecule has 3 aromatic carbocycles. The fourth-order valence-electron chi connectivity index (χ4n) is 2.75. The maximum Gasteiger partial charge on any atom is 0.164 e. The van der Waals surface area contributed by atoms with Gasteiger partial charge in [-0.25, -0.2) is 15.0 Å². The molecule has 0 aliphatic carbocycles. The van der Waals surface area contributed by atoms with Gasteiger partial charge in [-0.1, -0.05) is 90.4 Å². The van der Waals surface area contributed by atoms with Crippen LogP contribution < -0.4 is 5.46 Å². The molecule has 0 saturated carbocycles. The maximum atomic E-state index is 4.74. The van der Waals surface area contributed by atoms with Gasteiger partial charge in [0.15, 0.2) is 17.5 Å². The predicted octanol–water partition coefficient (Wildman–Crippen LogP) is 3.13. The molecule has 1 heterocycles. The molecule has 0 spiro atoms. The highest BCUT2D eigenvalue weighted by Gasteiger charge is 2.12. The summed E-state index contributed by atoms with van der Waals surface area (Å²) in [6, 6.07) is 28.2. The summed E-state index contributed by atoms with van der Waals surface area (Å²) in [5.41, 5.74) is 4.14. The lowest BCUT2D eigenvalue weighted by Crippen LogP contribution is -2.09. The maximum absolute atomic E-state index is 4.74. The molecule has 0 radical (unpaired) electrons. The van der Waals surface area contributed by atoms with Crippen LogP contribution in [0.4, 0.5) is 0 Å². The van der Waals surface area contributed by atoms with Crippen LogP contribution >= 0.6 is 0 Å². The molecule has 0 aliphatic heterocycles. The molecule has 0 unspecified atom stereocenters. The zero-order valence-electron chi connectivity index (χ0n) is 13.9. The van der Waals surface area contributed by atoms with Crippen molar-refractivity contribution in [1.82, 2.24) is 15.0 Å². The van der Waals surface area contributed by atoms with Crippen molar-refractivity contribution in [2.45, 2.75) is 0 Å². The van der Waals surface area contributed by atoms with Gasteiger partial charge in [0.1, 0.15) is 7.85 Å². The Morgan fingerprint density at radius 2 is 0.920 bits per heavy atom. The fourth-order valence-corrected chi connectivity index (χ4v) is 2.75. The molecule has 25 heavy (non-hydrogen) atoms. The summed E-state index contributed by atoms with van der Waals surface area (Å²) >= 11 is 0. The molecule has 118 valence electrons. The second-order valence-electron chi connectivity index (χ2n) is 5.85. The predicted molar refractivity (Wildman–Crippen MR) is 104 cm³/mol. The minimum Gasteiger partial charge on any atom is -0.208 e. The first kappa shape index (κ1) is 15.3. The number of hydrogen-bond donors (Lipinski definition) is 0. The van der Waals surface area contributed by atoms with E-state index in [2.05, 4.69) is 13.9 Å². The van der Waals surface area contributed by atoms with Crippen molar-refractivity contribution in [1.29, 1.82) is 0 Å². The average molecular weight is 321 g/mol. The van der Waals surface area contributed by atoms with E-state index in [0.717, 1.165) is 22.2 Å². The van der Waals surface area contributed by atoms with Crippen LogP contribution in [0.25, 0.3) is 34.2 Å². The van der Waals surface area contributed by atoms with Crippen LogP contribution in [0.15, 0.2) is 84.9 Å². The molecule has 0 aliphatic rings. The summed E-state index contributed by atoms with van der Waals surface area (Å²) in [4.78, 5) is 14.2. The lowest BCUT2D eigenvalue weighted by Gasteiger charge is -2.09. The minimum atomic E-state index is 0.688. The average Bonchev–Trinajstić information content (AvgIpc) is 2.69. The Hall–Kier alpha value is -3.27. The van der Waals surface area contributed by atoms with Crippen LogP contribution in [0, 0.1) is 0 Å². The van der Waals surface area contributed by atoms with Gasteiger partial charge >= 0.3 is 0 Å². The molecule has 1 aromatic heterocycles. The smallest absolute Gasteiger partial charge is 0.164 e. The topological polar surface area (TPSA) is 38.7 Å². The highest BCUT2D eigenvalue weighted by molar-refractivity contribution is 6.35. The van der Waals surface area contributed by atoms with Crippen LogP contribution in [-0.2, 0) is 0 Å². The van der Waals surface area contributed by atoms with E-state index in [9.17, 15) is 0 Å². The summed E-state index contributed by atoms with van der Waals surface area (Å²) in [6.07, 6.45) is 0. The Labute approximate surface area is 147 Å². The number of rotatable bonds is 3. The van der Waals surface area contributed by atoms with E-state index in [1.54, 1.807) is 0 Å².